The maximum absolute atomic E-state index is 6.09. The van der Waals surface area contributed by atoms with Gasteiger partial charge in [0.2, 0.25) is 5.95 Å². The molecule has 2 rings (SSSR count). The van der Waals surface area contributed by atoms with Crippen LogP contribution in [0.25, 0.3) is 0 Å². The van der Waals surface area contributed by atoms with Gasteiger partial charge in [0.25, 0.3) is 0 Å². The van der Waals surface area contributed by atoms with Gasteiger partial charge in [0.1, 0.15) is 0 Å². The van der Waals surface area contributed by atoms with E-state index in [9.17, 15) is 0 Å². The number of rotatable bonds is 1. The minimum Gasteiger partial charge on any atom is -0.337 e. The molecule has 1 fully saturated rings. The van der Waals surface area contributed by atoms with E-state index < -0.39 is 0 Å². The molecule has 0 aliphatic carbocycles. The number of hydrogen-bond donors (Lipinski definition) is 0. The zero-order valence-corrected chi connectivity index (χ0v) is 9.20. The van der Waals surface area contributed by atoms with Crippen LogP contribution in [0.1, 0.15) is 18.9 Å². The lowest BCUT2D eigenvalue weighted by molar-refractivity contribution is 0.717. The molecule has 0 amide bonds. The summed E-state index contributed by atoms with van der Waals surface area (Å²) in [5.41, 5.74) is 1.09. The average molecular weight is 212 g/mol. The zero-order chi connectivity index (χ0) is 10.1. The van der Waals surface area contributed by atoms with Gasteiger partial charge in [-0.25, -0.2) is 9.97 Å². The van der Waals surface area contributed by atoms with Crippen LogP contribution in [0.4, 0.5) is 5.95 Å². The van der Waals surface area contributed by atoms with Crippen molar-refractivity contribution in [3.05, 3.63) is 18.0 Å². The highest BCUT2D eigenvalue weighted by Gasteiger charge is 2.29. The van der Waals surface area contributed by atoms with Crippen LogP contribution < -0.4 is 4.90 Å². The Morgan fingerprint density at radius 3 is 2.57 bits per heavy atom. The zero-order valence-electron chi connectivity index (χ0n) is 8.44. The molecular formula is C10H14ClN3. The molecule has 0 N–H and O–H groups in total. The van der Waals surface area contributed by atoms with Crippen molar-refractivity contribution >= 4 is 17.5 Å². The van der Waals surface area contributed by atoms with E-state index in [0.29, 0.717) is 6.04 Å². The van der Waals surface area contributed by atoms with Crippen LogP contribution >= 0.6 is 11.6 Å². The molecule has 0 radical (unpaired) electrons. The predicted molar refractivity (Wildman–Crippen MR) is 57.8 cm³/mol. The van der Waals surface area contributed by atoms with Gasteiger partial charge in [0.15, 0.2) is 0 Å². The van der Waals surface area contributed by atoms with Crippen molar-refractivity contribution < 1.29 is 0 Å². The molecule has 2 unspecified atom stereocenters. The largest absolute Gasteiger partial charge is 0.337 e. The Labute approximate surface area is 89.1 Å². The summed E-state index contributed by atoms with van der Waals surface area (Å²) in [4.78, 5) is 10.8. The third-order valence-electron chi connectivity index (χ3n) is 2.55. The first-order chi connectivity index (χ1) is 6.66. The van der Waals surface area contributed by atoms with Gasteiger partial charge in [-0.2, -0.15) is 0 Å². The number of anilines is 1. The van der Waals surface area contributed by atoms with Gasteiger partial charge in [0.05, 0.1) is 5.38 Å². The molecule has 1 aliphatic heterocycles. The summed E-state index contributed by atoms with van der Waals surface area (Å²) in [6, 6.07) is 0.445. The lowest BCUT2D eigenvalue weighted by atomic mass is 10.2. The molecule has 1 aromatic rings. The quantitative estimate of drug-likeness (QED) is 0.666. The highest BCUT2D eigenvalue weighted by Crippen LogP contribution is 2.24. The molecule has 1 saturated heterocycles. The molecule has 1 aliphatic rings. The van der Waals surface area contributed by atoms with Gasteiger partial charge >= 0.3 is 0 Å². The predicted octanol–water partition coefficient (Wildman–Crippen LogP) is 1.99. The van der Waals surface area contributed by atoms with Crippen LogP contribution in [-0.2, 0) is 0 Å². The molecule has 4 heteroatoms. The van der Waals surface area contributed by atoms with Gasteiger partial charge in [0, 0.05) is 25.0 Å². The SMILES string of the molecule is Cc1cnc(N2CC(Cl)CC2C)nc1. The number of hydrogen-bond acceptors (Lipinski definition) is 3. The molecule has 76 valence electrons. The van der Waals surface area contributed by atoms with Gasteiger partial charge in [-0.05, 0) is 25.8 Å². The number of aromatic nitrogens is 2. The van der Waals surface area contributed by atoms with E-state index in [0.717, 1.165) is 24.5 Å². The van der Waals surface area contributed by atoms with E-state index in [1.807, 2.05) is 19.3 Å². The maximum atomic E-state index is 6.09. The van der Waals surface area contributed by atoms with Gasteiger partial charge in [-0.3, -0.25) is 0 Å². The standard InChI is InChI=1S/C10H14ClN3/c1-7-4-12-10(13-5-7)14-6-9(11)3-8(14)2/h4-5,8-9H,3,6H2,1-2H3. The summed E-state index contributed by atoms with van der Waals surface area (Å²) in [5.74, 6) is 0.797. The first kappa shape index (κ1) is 9.71. The number of halogens is 1. The maximum Gasteiger partial charge on any atom is 0.225 e. The molecule has 2 heterocycles. The Hall–Kier alpha value is -0.830. The summed E-state index contributed by atoms with van der Waals surface area (Å²) in [7, 11) is 0. The lowest BCUT2D eigenvalue weighted by Gasteiger charge is -2.20. The average Bonchev–Trinajstić information content (AvgIpc) is 2.47. The fourth-order valence-electron chi connectivity index (χ4n) is 1.78. The topological polar surface area (TPSA) is 29.0 Å². The fraction of sp³-hybridized carbons (Fsp3) is 0.600. The molecule has 3 nitrogen and oxygen atoms in total. The van der Waals surface area contributed by atoms with Crippen LogP contribution in [0.15, 0.2) is 12.4 Å². The van der Waals surface area contributed by atoms with Crippen LogP contribution in [0.5, 0.6) is 0 Å². The minimum atomic E-state index is 0.231. The molecule has 0 bridgehead atoms. The smallest absolute Gasteiger partial charge is 0.225 e. The van der Waals surface area contributed by atoms with Crippen LogP contribution in [0.3, 0.4) is 0 Å². The Morgan fingerprint density at radius 2 is 2.07 bits per heavy atom. The Kier molecular flexibility index (Phi) is 2.59. The highest BCUT2D eigenvalue weighted by atomic mass is 35.5. The molecule has 0 aromatic carbocycles. The summed E-state index contributed by atoms with van der Waals surface area (Å²) in [5, 5.41) is 0.231. The summed E-state index contributed by atoms with van der Waals surface area (Å²) < 4.78 is 0. The van der Waals surface area contributed by atoms with Crippen molar-refractivity contribution in [1.29, 1.82) is 0 Å². The van der Waals surface area contributed by atoms with Crippen molar-refractivity contribution in [2.45, 2.75) is 31.7 Å². The highest BCUT2D eigenvalue weighted by molar-refractivity contribution is 6.21. The molecule has 0 spiro atoms. The second kappa shape index (κ2) is 3.73. The minimum absolute atomic E-state index is 0.231. The van der Waals surface area contributed by atoms with E-state index in [1.54, 1.807) is 0 Å². The lowest BCUT2D eigenvalue weighted by Crippen LogP contribution is -2.28. The first-order valence-electron chi connectivity index (χ1n) is 4.86. The Morgan fingerprint density at radius 1 is 1.43 bits per heavy atom. The van der Waals surface area contributed by atoms with E-state index in [2.05, 4.69) is 21.8 Å². The third-order valence-corrected chi connectivity index (χ3v) is 2.86. The molecule has 1 aromatic heterocycles. The second-order valence-electron chi connectivity index (χ2n) is 3.89. The van der Waals surface area contributed by atoms with Crippen molar-refractivity contribution in [2.75, 3.05) is 11.4 Å². The van der Waals surface area contributed by atoms with Gasteiger partial charge < -0.3 is 4.90 Å². The Bertz CT molecular complexity index is 312. The van der Waals surface area contributed by atoms with E-state index >= 15 is 0 Å². The molecule has 2 atom stereocenters. The summed E-state index contributed by atoms with van der Waals surface area (Å²) in [6.45, 7) is 5.00. The van der Waals surface area contributed by atoms with Crippen LogP contribution in [-0.4, -0.2) is 27.9 Å². The van der Waals surface area contributed by atoms with Gasteiger partial charge in [-0.15, -0.1) is 11.6 Å². The van der Waals surface area contributed by atoms with Crippen LogP contribution in [0.2, 0.25) is 0 Å². The summed E-state index contributed by atoms with van der Waals surface area (Å²) in [6.07, 6.45) is 4.70. The number of nitrogens with zero attached hydrogens (tertiary/aromatic N) is 3. The number of alkyl halides is 1. The van der Waals surface area contributed by atoms with Crippen molar-refractivity contribution in [2.24, 2.45) is 0 Å². The van der Waals surface area contributed by atoms with Crippen molar-refractivity contribution in [3.8, 4) is 0 Å². The third kappa shape index (κ3) is 1.82. The summed E-state index contributed by atoms with van der Waals surface area (Å²) >= 11 is 6.09. The second-order valence-corrected chi connectivity index (χ2v) is 4.51. The number of aryl methyl sites for hydroxylation is 1. The van der Waals surface area contributed by atoms with Gasteiger partial charge in [-0.1, -0.05) is 0 Å². The van der Waals surface area contributed by atoms with E-state index in [-0.39, 0.29) is 5.38 Å². The monoisotopic (exact) mass is 211 g/mol. The molecule has 14 heavy (non-hydrogen) atoms. The Balaban J connectivity index is 2.19. The molecule has 0 saturated carbocycles. The fourth-order valence-corrected chi connectivity index (χ4v) is 2.18. The van der Waals surface area contributed by atoms with E-state index in [4.69, 9.17) is 11.6 Å². The van der Waals surface area contributed by atoms with E-state index in [1.165, 1.54) is 0 Å². The first-order valence-corrected chi connectivity index (χ1v) is 5.30. The normalized spacial score (nSPS) is 26.9. The van der Waals surface area contributed by atoms with Crippen molar-refractivity contribution in [1.82, 2.24) is 9.97 Å². The van der Waals surface area contributed by atoms with Crippen LogP contribution in [0, 0.1) is 6.92 Å². The van der Waals surface area contributed by atoms with Crippen molar-refractivity contribution in [3.63, 3.8) is 0 Å². The molecular weight excluding hydrogens is 198 g/mol.